The Morgan fingerprint density at radius 3 is 1.82 bits per heavy atom. The Balaban J connectivity index is 1.59. The van der Waals surface area contributed by atoms with Crippen molar-refractivity contribution in [2.24, 2.45) is 0 Å². The van der Waals surface area contributed by atoms with Crippen LogP contribution in [0, 0.1) is 6.92 Å². The van der Waals surface area contributed by atoms with Gasteiger partial charge in [0, 0.05) is 21.9 Å². The molecule has 0 radical (unpaired) electrons. The lowest BCUT2D eigenvalue weighted by Crippen LogP contribution is -2.01. The van der Waals surface area contributed by atoms with Crippen LogP contribution in [0.5, 0.6) is 17.2 Å². The molecule has 0 atom stereocenters. The fraction of sp³-hybridized carbons (Fsp3) is 0.0800. The van der Waals surface area contributed by atoms with Gasteiger partial charge < -0.3 is 9.47 Å². The SMILES string of the molecule is COc1cccc2c(Oc3ccc(C(=O)c4ccc(C)cc4)cc3)cccc12. The predicted octanol–water partition coefficient (Wildman–Crippen LogP) is 6.18. The molecule has 3 heteroatoms. The summed E-state index contributed by atoms with van der Waals surface area (Å²) in [4.78, 5) is 12.6. The minimum absolute atomic E-state index is 0.00134. The third-order valence-corrected chi connectivity index (χ3v) is 4.72. The van der Waals surface area contributed by atoms with E-state index in [2.05, 4.69) is 0 Å². The molecule has 4 aromatic carbocycles. The molecule has 138 valence electrons. The van der Waals surface area contributed by atoms with Gasteiger partial charge in [-0.15, -0.1) is 0 Å². The summed E-state index contributed by atoms with van der Waals surface area (Å²) in [5.74, 6) is 2.23. The van der Waals surface area contributed by atoms with Gasteiger partial charge in [0.1, 0.15) is 17.2 Å². The first-order valence-corrected chi connectivity index (χ1v) is 9.11. The van der Waals surface area contributed by atoms with E-state index < -0.39 is 0 Å². The number of hydrogen-bond donors (Lipinski definition) is 0. The van der Waals surface area contributed by atoms with Crippen LogP contribution in [-0.4, -0.2) is 12.9 Å². The number of rotatable bonds is 5. The fourth-order valence-corrected chi connectivity index (χ4v) is 3.19. The van der Waals surface area contributed by atoms with Gasteiger partial charge in [-0.3, -0.25) is 4.79 Å². The van der Waals surface area contributed by atoms with E-state index >= 15 is 0 Å². The second-order valence-electron chi connectivity index (χ2n) is 6.63. The molecule has 4 aromatic rings. The van der Waals surface area contributed by atoms with Gasteiger partial charge in [-0.1, -0.05) is 54.1 Å². The molecule has 0 unspecified atom stereocenters. The van der Waals surface area contributed by atoms with Gasteiger partial charge in [-0.2, -0.15) is 0 Å². The maximum absolute atomic E-state index is 12.6. The van der Waals surface area contributed by atoms with Gasteiger partial charge in [-0.05, 0) is 43.3 Å². The molecule has 0 amide bonds. The first-order chi connectivity index (χ1) is 13.7. The highest BCUT2D eigenvalue weighted by atomic mass is 16.5. The molecule has 0 aliphatic carbocycles. The molecule has 0 bridgehead atoms. The lowest BCUT2D eigenvalue weighted by atomic mass is 10.0. The van der Waals surface area contributed by atoms with Crippen molar-refractivity contribution in [2.75, 3.05) is 7.11 Å². The molecule has 28 heavy (non-hydrogen) atoms. The van der Waals surface area contributed by atoms with Crippen LogP contribution in [0.15, 0.2) is 84.9 Å². The minimum atomic E-state index is 0.00134. The smallest absolute Gasteiger partial charge is 0.193 e. The number of hydrogen-bond acceptors (Lipinski definition) is 3. The van der Waals surface area contributed by atoms with Gasteiger partial charge in [0.15, 0.2) is 5.78 Å². The zero-order valence-electron chi connectivity index (χ0n) is 15.8. The van der Waals surface area contributed by atoms with Crippen molar-refractivity contribution < 1.29 is 14.3 Å². The maximum atomic E-state index is 12.6. The van der Waals surface area contributed by atoms with Crippen molar-refractivity contribution in [1.29, 1.82) is 0 Å². The largest absolute Gasteiger partial charge is 0.496 e. The lowest BCUT2D eigenvalue weighted by Gasteiger charge is -2.11. The highest BCUT2D eigenvalue weighted by Gasteiger charge is 2.10. The van der Waals surface area contributed by atoms with Crippen LogP contribution in [0.4, 0.5) is 0 Å². The van der Waals surface area contributed by atoms with Crippen LogP contribution >= 0.6 is 0 Å². The van der Waals surface area contributed by atoms with E-state index in [0.29, 0.717) is 16.9 Å². The molecular formula is C25H20O3. The average Bonchev–Trinajstić information content (AvgIpc) is 2.74. The molecule has 0 spiro atoms. The van der Waals surface area contributed by atoms with E-state index in [1.165, 1.54) is 0 Å². The third-order valence-electron chi connectivity index (χ3n) is 4.72. The third kappa shape index (κ3) is 3.47. The van der Waals surface area contributed by atoms with Gasteiger partial charge >= 0.3 is 0 Å². The van der Waals surface area contributed by atoms with Crippen molar-refractivity contribution in [1.82, 2.24) is 0 Å². The van der Waals surface area contributed by atoms with E-state index in [9.17, 15) is 4.79 Å². The molecule has 0 saturated heterocycles. The van der Waals surface area contributed by atoms with Crippen LogP contribution in [0.25, 0.3) is 10.8 Å². The Kier molecular flexibility index (Phi) is 4.81. The van der Waals surface area contributed by atoms with Crippen molar-refractivity contribution in [2.45, 2.75) is 6.92 Å². The topological polar surface area (TPSA) is 35.5 Å². The number of carbonyl (C=O) groups is 1. The molecule has 0 heterocycles. The molecule has 0 N–H and O–H groups in total. The molecule has 0 fully saturated rings. The molecule has 0 aromatic heterocycles. The number of ether oxygens (including phenoxy) is 2. The Labute approximate surface area is 164 Å². The summed E-state index contributed by atoms with van der Waals surface area (Å²) < 4.78 is 11.5. The van der Waals surface area contributed by atoms with Gasteiger partial charge in [0.25, 0.3) is 0 Å². The van der Waals surface area contributed by atoms with Crippen molar-refractivity contribution in [3.8, 4) is 17.2 Å². The second kappa shape index (κ2) is 7.57. The molecule has 0 aliphatic rings. The Hall–Kier alpha value is -3.59. The second-order valence-corrected chi connectivity index (χ2v) is 6.63. The van der Waals surface area contributed by atoms with Crippen LogP contribution in [0.2, 0.25) is 0 Å². The highest BCUT2D eigenvalue weighted by Crippen LogP contribution is 2.34. The first-order valence-electron chi connectivity index (χ1n) is 9.11. The molecular weight excluding hydrogens is 348 g/mol. The number of fused-ring (bicyclic) bond motifs is 1. The maximum Gasteiger partial charge on any atom is 0.193 e. The van der Waals surface area contributed by atoms with E-state index in [4.69, 9.17) is 9.47 Å². The quantitative estimate of drug-likeness (QED) is 0.395. The fourth-order valence-electron chi connectivity index (χ4n) is 3.19. The number of carbonyl (C=O) groups excluding carboxylic acids is 1. The summed E-state index contributed by atoms with van der Waals surface area (Å²) in [5.41, 5.74) is 2.45. The van der Waals surface area contributed by atoms with Gasteiger partial charge in [0.05, 0.1) is 7.11 Å². The van der Waals surface area contributed by atoms with Gasteiger partial charge in [0.2, 0.25) is 0 Å². The summed E-state index contributed by atoms with van der Waals surface area (Å²) in [6.07, 6.45) is 0. The van der Waals surface area contributed by atoms with E-state index in [1.807, 2.05) is 79.7 Å². The number of aryl methyl sites for hydroxylation is 1. The number of methoxy groups -OCH3 is 1. The van der Waals surface area contributed by atoms with E-state index in [-0.39, 0.29) is 5.78 Å². The number of benzene rings is 4. The molecule has 4 rings (SSSR count). The molecule has 0 aliphatic heterocycles. The zero-order valence-corrected chi connectivity index (χ0v) is 15.8. The first kappa shape index (κ1) is 17.8. The Morgan fingerprint density at radius 2 is 1.21 bits per heavy atom. The van der Waals surface area contributed by atoms with Gasteiger partial charge in [-0.25, -0.2) is 0 Å². The Bertz CT molecular complexity index is 1130. The van der Waals surface area contributed by atoms with Crippen LogP contribution in [0.1, 0.15) is 21.5 Å². The Morgan fingerprint density at radius 1 is 0.679 bits per heavy atom. The van der Waals surface area contributed by atoms with Crippen molar-refractivity contribution >= 4 is 16.6 Å². The zero-order chi connectivity index (χ0) is 19.5. The summed E-state index contributed by atoms with van der Waals surface area (Å²) in [5, 5.41) is 1.97. The summed E-state index contributed by atoms with van der Waals surface area (Å²) in [6, 6.07) is 26.6. The summed E-state index contributed by atoms with van der Waals surface area (Å²) in [6.45, 7) is 2.00. The monoisotopic (exact) mass is 368 g/mol. The van der Waals surface area contributed by atoms with Crippen LogP contribution < -0.4 is 9.47 Å². The lowest BCUT2D eigenvalue weighted by molar-refractivity contribution is 0.103. The molecule has 3 nitrogen and oxygen atoms in total. The van der Waals surface area contributed by atoms with Crippen LogP contribution in [-0.2, 0) is 0 Å². The van der Waals surface area contributed by atoms with Crippen molar-refractivity contribution in [3.63, 3.8) is 0 Å². The van der Waals surface area contributed by atoms with E-state index in [1.54, 1.807) is 19.2 Å². The summed E-state index contributed by atoms with van der Waals surface area (Å²) in [7, 11) is 1.66. The molecule has 0 saturated carbocycles. The van der Waals surface area contributed by atoms with Crippen molar-refractivity contribution in [3.05, 3.63) is 102 Å². The average molecular weight is 368 g/mol. The van der Waals surface area contributed by atoms with Crippen LogP contribution in [0.3, 0.4) is 0 Å². The predicted molar refractivity (Wildman–Crippen MR) is 112 cm³/mol. The normalized spacial score (nSPS) is 10.6. The minimum Gasteiger partial charge on any atom is -0.496 e. The van der Waals surface area contributed by atoms with E-state index in [0.717, 1.165) is 27.8 Å². The highest BCUT2D eigenvalue weighted by molar-refractivity contribution is 6.09. The summed E-state index contributed by atoms with van der Waals surface area (Å²) >= 11 is 0. The number of ketones is 1. The standard InChI is InChI=1S/C25H20O3/c1-17-9-11-18(12-10-17)25(26)19-13-15-20(16-14-19)28-24-8-4-5-21-22(24)6-3-7-23(21)27-2/h3-16H,1-2H3.